The van der Waals surface area contributed by atoms with Crippen LogP contribution in [0.25, 0.3) is 5.69 Å². The van der Waals surface area contributed by atoms with Crippen LogP contribution < -0.4 is 15.5 Å². The average Bonchev–Trinajstić information content (AvgIpc) is 3.50. The molecule has 0 bridgehead atoms. The van der Waals surface area contributed by atoms with Gasteiger partial charge in [-0.25, -0.2) is 9.48 Å². The molecule has 2 N–H and O–H groups in total. The number of nitrogens with zero attached hydrogens (tertiary/aromatic N) is 4. The van der Waals surface area contributed by atoms with Gasteiger partial charge in [0, 0.05) is 54.5 Å². The van der Waals surface area contributed by atoms with Crippen LogP contribution in [-0.2, 0) is 10.2 Å². The van der Waals surface area contributed by atoms with E-state index in [2.05, 4.69) is 43.2 Å². The standard InChI is InChI=1S/C30H38N6O2/c1-21-6-10-24(11-7-21)36-26(20-25(33-36)29(2,3)4)32-28(38)31-22-8-12-23(13-9-22)34-16-18-35(19-17-34)27(37)30(5)14-15-30/h6-13,20H,14-19H2,1-5H3,(H2,31,32,38). The van der Waals surface area contributed by atoms with Gasteiger partial charge in [0.1, 0.15) is 5.82 Å². The first-order valence-corrected chi connectivity index (χ1v) is 13.4. The number of hydrogen-bond donors (Lipinski definition) is 2. The van der Waals surface area contributed by atoms with Crippen molar-refractivity contribution in [1.82, 2.24) is 14.7 Å². The molecule has 1 saturated heterocycles. The van der Waals surface area contributed by atoms with Crippen molar-refractivity contribution in [3.63, 3.8) is 0 Å². The van der Waals surface area contributed by atoms with Crippen molar-refractivity contribution in [3.8, 4) is 5.69 Å². The molecule has 1 aromatic heterocycles. The third kappa shape index (κ3) is 5.54. The van der Waals surface area contributed by atoms with E-state index in [-0.39, 0.29) is 16.9 Å². The molecular formula is C30H38N6O2. The van der Waals surface area contributed by atoms with Crippen molar-refractivity contribution in [1.29, 1.82) is 0 Å². The highest BCUT2D eigenvalue weighted by Gasteiger charge is 2.47. The number of hydrogen-bond acceptors (Lipinski definition) is 4. The number of aromatic nitrogens is 2. The van der Waals surface area contributed by atoms with Gasteiger partial charge in [0.2, 0.25) is 5.91 Å². The Kier molecular flexibility index (Phi) is 6.67. The van der Waals surface area contributed by atoms with Gasteiger partial charge in [-0.15, -0.1) is 0 Å². The van der Waals surface area contributed by atoms with Gasteiger partial charge in [-0.1, -0.05) is 45.4 Å². The highest BCUT2D eigenvalue weighted by Crippen LogP contribution is 2.46. The van der Waals surface area contributed by atoms with Crippen LogP contribution in [0.15, 0.2) is 54.6 Å². The Balaban J connectivity index is 1.22. The molecule has 1 aliphatic heterocycles. The Morgan fingerprint density at radius 2 is 1.47 bits per heavy atom. The molecule has 3 amide bonds. The number of nitrogens with one attached hydrogen (secondary N) is 2. The van der Waals surface area contributed by atoms with Crippen LogP contribution in [0.4, 0.5) is 22.0 Å². The first kappa shape index (κ1) is 25.8. The zero-order valence-corrected chi connectivity index (χ0v) is 23.0. The first-order valence-electron chi connectivity index (χ1n) is 13.4. The lowest BCUT2D eigenvalue weighted by Crippen LogP contribution is -2.50. The fourth-order valence-electron chi connectivity index (χ4n) is 4.70. The largest absolute Gasteiger partial charge is 0.368 e. The Labute approximate surface area is 225 Å². The molecule has 0 unspecified atom stereocenters. The van der Waals surface area contributed by atoms with E-state index < -0.39 is 0 Å². The van der Waals surface area contributed by atoms with Crippen LogP contribution in [0.2, 0.25) is 0 Å². The van der Waals surface area contributed by atoms with E-state index in [4.69, 9.17) is 5.10 Å². The number of anilines is 3. The van der Waals surface area contributed by atoms with Crippen molar-refractivity contribution >= 4 is 29.1 Å². The number of piperazine rings is 1. The number of carbonyl (C=O) groups is 2. The Morgan fingerprint density at radius 3 is 2.05 bits per heavy atom. The minimum Gasteiger partial charge on any atom is -0.368 e. The molecule has 0 atom stereocenters. The fraction of sp³-hybridized carbons (Fsp3) is 0.433. The summed E-state index contributed by atoms with van der Waals surface area (Å²) in [7, 11) is 0. The zero-order valence-electron chi connectivity index (χ0n) is 23.0. The van der Waals surface area contributed by atoms with Crippen molar-refractivity contribution < 1.29 is 9.59 Å². The fourth-order valence-corrected chi connectivity index (χ4v) is 4.70. The van der Waals surface area contributed by atoms with Crippen LogP contribution in [0.1, 0.15) is 51.8 Å². The third-order valence-electron chi connectivity index (χ3n) is 7.57. The predicted octanol–water partition coefficient (Wildman–Crippen LogP) is 5.57. The van der Waals surface area contributed by atoms with Gasteiger partial charge in [-0.2, -0.15) is 5.10 Å². The molecule has 8 nitrogen and oxygen atoms in total. The molecule has 2 heterocycles. The summed E-state index contributed by atoms with van der Waals surface area (Å²) in [5.41, 5.74) is 4.47. The summed E-state index contributed by atoms with van der Waals surface area (Å²) in [5.74, 6) is 0.918. The molecule has 200 valence electrons. The summed E-state index contributed by atoms with van der Waals surface area (Å²) in [6.07, 6.45) is 2.03. The van der Waals surface area contributed by atoms with Gasteiger partial charge < -0.3 is 15.1 Å². The Bertz CT molecular complexity index is 1310. The molecule has 0 radical (unpaired) electrons. The van der Waals surface area contributed by atoms with E-state index in [1.807, 2.05) is 66.4 Å². The number of rotatable bonds is 5. The van der Waals surface area contributed by atoms with E-state index in [1.165, 1.54) is 0 Å². The van der Waals surface area contributed by atoms with Crippen LogP contribution in [-0.4, -0.2) is 52.8 Å². The van der Waals surface area contributed by atoms with Gasteiger partial charge in [-0.3, -0.25) is 10.1 Å². The van der Waals surface area contributed by atoms with Crippen LogP contribution >= 0.6 is 0 Å². The smallest absolute Gasteiger partial charge is 0.324 e. The van der Waals surface area contributed by atoms with E-state index in [1.54, 1.807) is 4.68 Å². The molecule has 2 aliphatic rings. The first-order chi connectivity index (χ1) is 18.0. The van der Waals surface area contributed by atoms with Gasteiger partial charge in [0.25, 0.3) is 0 Å². The molecule has 2 fully saturated rings. The van der Waals surface area contributed by atoms with Gasteiger partial charge in [0.15, 0.2) is 0 Å². The number of carbonyl (C=O) groups excluding carboxylic acids is 2. The van der Waals surface area contributed by atoms with E-state index in [0.717, 1.165) is 61.7 Å². The monoisotopic (exact) mass is 514 g/mol. The SMILES string of the molecule is Cc1ccc(-n2nc(C(C)(C)C)cc2NC(=O)Nc2ccc(N3CCN(C(=O)C4(C)CC4)CC3)cc2)cc1. The quantitative estimate of drug-likeness (QED) is 0.466. The summed E-state index contributed by atoms with van der Waals surface area (Å²) in [4.78, 5) is 29.9. The van der Waals surface area contributed by atoms with E-state index in [9.17, 15) is 9.59 Å². The predicted molar refractivity (Wildman–Crippen MR) is 152 cm³/mol. The molecule has 8 heteroatoms. The highest BCUT2D eigenvalue weighted by molar-refractivity contribution is 5.99. The third-order valence-corrected chi connectivity index (χ3v) is 7.57. The second kappa shape index (κ2) is 9.82. The molecule has 3 aromatic rings. The molecular weight excluding hydrogens is 476 g/mol. The second-order valence-corrected chi connectivity index (χ2v) is 11.9. The van der Waals surface area contributed by atoms with Gasteiger partial charge >= 0.3 is 6.03 Å². The minimum absolute atomic E-state index is 0.109. The highest BCUT2D eigenvalue weighted by atomic mass is 16.2. The minimum atomic E-state index is -0.327. The molecule has 1 saturated carbocycles. The normalized spacial score (nSPS) is 16.8. The lowest BCUT2D eigenvalue weighted by atomic mass is 9.92. The molecule has 5 rings (SSSR count). The summed E-state index contributed by atoms with van der Waals surface area (Å²) in [6, 6.07) is 17.5. The Hall–Kier alpha value is -3.81. The van der Waals surface area contributed by atoms with Gasteiger partial charge in [0.05, 0.1) is 11.4 Å². The topological polar surface area (TPSA) is 82.5 Å². The zero-order chi connectivity index (χ0) is 27.1. The maximum absolute atomic E-state index is 12.9. The van der Waals surface area contributed by atoms with Crippen molar-refractivity contribution in [2.75, 3.05) is 41.7 Å². The van der Waals surface area contributed by atoms with Crippen molar-refractivity contribution in [3.05, 3.63) is 65.9 Å². The molecule has 0 spiro atoms. The summed E-state index contributed by atoms with van der Waals surface area (Å²) < 4.78 is 1.77. The van der Waals surface area contributed by atoms with E-state index >= 15 is 0 Å². The van der Waals surface area contributed by atoms with Crippen molar-refractivity contribution in [2.45, 2.75) is 52.9 Å². The number of aryl methyl sites for hydroxylation is 1. The summed E-state index contributed by atoms with van der Waals surface area (Å²) in [6.45, 7) is 13.6. The Morgan fingerprint density at radius 1 is 0.868 bits per heavy atom. The lowest BCUT2D eigenvalue weighted by molar-refractivity contribution is -0.136. The maximum Gasteiger partial charge on any atom is 0.324 e. The molecule has 1 aliphatic carbocycles. The second-order valence-electron chi connectivity index (χ2n) is 11.9. The van der Waals surface area contributed by atoms with Crippen LogP contribution in [0.3, 0.4) is 0 Å². The molecule has 2 aromatic carbocycles. The van der Waals surface area contributed by atoms with E-state index in [0.29, 0.717) is 17.4 Å². The van der Waals surface area contributed by atoms with Crippen LogP contribution in [0.5, 0.6) is 0 Å². The van der Waals surface area contributed by atoms with Crippen LogP contribution in [0, 0.1) is 12.3 Å². The van der Waals surface area contributed by atoms with Crippen molar-refractivity contribution in [2.24, 2.45) is 5.41 Å². The molecule has 38 heavy (non-hydrogen) atoms. The average molecular weight is 515 g/mol. The number of urea groups is 1. The lowest BCUT2D eigenvalue weighted by Gasteiger charge is -2.37. The maximum atomic E-state index is 12.9. The summed E-state index contributed by atoms with van der Waals surface area (Å²) >= 11 is 0. The van der Waals surface area contributed by atoms with Gasteiger partial charge in [-0.05, 0) is 56.2 Å². The summed E-state index contributed by atoms with van der Waals surface area (Å²) in [5, 5.41) is 10.7. The number of benzene rings is 2. The number of amides is 3.